The summed E-state index contributed by atoms with van der Waals surface area (Å²) in [5.41, 5.74) is 2.95. The monoisotopic (exact) mass is 458 g/mol. The molecular weight excluding hydrogens is 428 g/mol. The molecule has 1 N–H and O–H groups in total. The molecule has 32 heavy (non-hydrogen) atoms. The quantitative estimate of drug-likeness (QED) is 0.351. The number of benzene rings is 1. The number of hydrogen-bond acceptors (Lipinski definition) is 7. The minimum Gasteiger partial charge on any atom is -0.462 e. The zero-order valence-corrected chi connectivity index (χ0v) is 19.7. The van der Waals surface area contributed by atoms with Gasteiger partial charge < -0.3 is 15.0 Å². The molecule has 0 atom stereocenters. The number of carbonyl (C=O) groups excluding carboxylic acids is 2. The Bertz CT molecular complexity index is 1020. The van der Waals surface area contributed by atoms with E-state index in [0.29, 0.717) is 29.4 Å². The number of nitrogens with one attached hydrogen (secondary N) is 1. The Labute approximate surface area is 192 Å². The predicted octanol–water partition coefficient (Wildman–Crippen LogP) is 2.59. The average molecular weight is 459 g/mol. The number of amides is 1. The van der Waals surface area contributed by atoms with E-state index in [4.69, 9.17) is 4.74 Å². The molecule has 1 amide bonds. The molecule has 0 aliphatic heterocycles. The highest BCUT2D eigenvalue weighted by molar-refractivity contribution is 8.00. The summed E-state index contributed by atoms with van der Waals surface area (Å²) >= 11 is 1.30. The van der Waals surface area contributed by atoms with Crippen LogP contribution in [-0.2, 0) is 28.9 Å². The van der Waals surface area contributed by atoms with Gasteiger partial charge in [-0.15, -0.1) is 0 Å². The molecule has 0 unspecified atom stereocenters. The highest BCUT2D eigenvalue weighted by atomic mass is 32.2. The van der Waals surface area contributed by atoms with Gasteiger partial charge in [-0.25, -0.2) is 9.59 Å². The maximum absolute atomic E-state index is 12.7. The number of nitrogens with zero attached hydrogens (tertiary/aromatic N) is 3. The third kappa shape index (κ3) is 6.20. The Morgan fingerprint density at radius 1 is 1.19 bits per heavy atom. The Morgan fingerprint density at radius 2 is 1.91 bits per heavy atom. The molecule has 2 aromatic rings. The van der Waals surface area contributed by atoms with E-state index in [2.05, 4.69) is 10.3 Å². The summed E-state index contributed by atoms with van der Waals surface area (Å²) in [7, 11) is 3.97. The van der Waals surface area contributed by atoms with Crippen molar-refractivity contribution in [2.45, 2.75) is 44.2 Å². The molecule has 172 valence electrons. The van der Waals surface area contributed by atoms with E-state index in [1.54, 1.807) is 35.8 Å². The molecule has 0 fully saturated rings. The molecule has 0 saturated heterocycles. The maximum atomic E-state index is 12.7. The summed E-state index contributed by atoms with van der Waals surface area (Å²) in [4.78, 5) is 43.2. The van der Waals surface area contributed by atoms with Crippen LogP contribution in [-0.4, -0.2) is 59.3 Å². The van der Waals surface area contributed by atoms with Gasteiger partial charge in [-0.3, -0.25) is 9.36 Å². The minimum absolute atomic E-state index is 0.153. The molecule has 0 radical (unpaired) electrons. The summed E-state index contributed by atoms with van der Waals surface area (Å²) in [6, 6.07) is 6.57. The molecule has 1 aromatic carbocycles. The fourth-order valence-corrected chi connectivity index (χ4v) is 4.51. The van der Waals surface area contributed by atoms with Crippen molar-refractivity contribution in [3.63, 3.8) is 0 Å². The van der Waals surface area contributed by atoms with Gasteiger partial charge >= 0.3 is 11.7 Å². The molecule has 1 aliphatic rings. The van der Waals surface area contributed by atoms with Crippen molar-refractivity contribution in [2.24, 2.45) is 0 Å². The zero-order valence-electron chi connectivity index (χ0n) is 18.8. The van der Waals surface area contributed by atoms with E-state index < -0.39 is 5.97 Å². The lowest BCUT2D eigenvalue weighted by Crippen LogP contribution is -2.33. The van der Waals surface area contributed by atoms with Crippen LogP contribution in [0, 0.1) is 0 Å². The fraction of sp³-hybridized carbons (Fsp3) is 0.478. The van der Waals surface area contributed by atoms with Crippen LogP contribution in [0.4, 0.5) is 5.69 Å². The zero-order chi connectivity index (χ0) is 23.1. The normalized spacial score (nSPS) is 13.0. The number of hydrogen-bond donors (Lipinski definition) is 1. The summed E-state index contributed by atoms with van der Waals surface area (Å²) in [6.45, 7) is 3.46. The van der Waals surface area contributed by atoms with Crippen molar-refractivity contribution in [1.82, 2.24) is 14.5 Å². The van der Waals surface area contributed by atoms with Gasteiger partial charge in [-0.2, -0.15) is 4.98 Å². The number of ether oxygens (including phenoxy) is 1. The number of thioether (sulfide) groups is 1. The fourth-order valence-electron chi connectivity index (χ4n) is 3.63. The molecule has 3 rings (SSSR count). The second-order valence-corrected chi connectivity index (χ2v) is 8.89. The summed E-state index contributed by atoms with van der Waals surface area (Å²) < 4.78 is 6.76. The lowest BCUT2D eigenvalue weighted by molar-refractivity contribution is -0.113. The van der Waals surface area contributed by atoms with Gasteiger partial charge in [0.1, 0.15) is 5.03 Å². The first-order chi connectivity index (χ1) is 15.4. The number of rotatable bonds is 9. The van der Waals surface area contributed by atoms with Crippen LogP contribution in [0.3, 0.4) is 0 Å². The molecule has 0 bridgehead atoms. The Morgan fingerprint density at radius 3 is 2.59 bits per heavy atom. The van der Waals surface area contributed by atoms with Crippen molar-refractivity contribution in [2.75, 3.05) is 38.3 Å². The van der Waals surface area contributed by atoms with E-state index in [-0.39, 0.29) is 17.3 Å². The lowest BCUT2D eigenvalue weighted by atomic mass is 9.97. The van der Waals surface area contributed by atoms with Crippen LogP contribution in [0.25, 0.3) is 0 Å². The first-order valence-electron chi connectivity index (χ1n) is 10.9. The van der Waals surface area contributed by atoms with Crippen molar-refractivity contribution < 1.29 is 14.3 Å². The van der Waals surface area contributed by atoms with Crippen molar-refractivity contribution in [1.29, 1.82) is 0 Å². The third-order valence-electron chi connectivity index (χ3n) is 5.24. The molecule has 1 aliphatic carbocycles. The number of esters is 1. The Balaban J connectivity index is 1.66. The summed E-state index contributed by atoms with van der Waals surface area (Å²) in [5.74, 6) is -0.431. The molecule has 8 nitrogen and oxygen atoms in total. The van der Waals surface area contributed by atoms with Crippen LogP contribution >= 0.6 is 11.8 Å². The number of fused-ring (bicyclic) bond motifs is 1. The summed E-state index contributed by atoms with van der Waals surface area (Å²) in [5, 5.41) is 3.49. The van der Waals surface area contributed by atoms with Crippen LogP contribution in [0.5, 0.6) is 0 Å². The molecule has 1 aromatic heterocycles. The van der Waals surface area contributed by atoms with Crippen LogP contribution in [0.1, 0.15) is 41.4 Å². The first kappa shape index (κ1) is 24.0. The van der Waals surface area contributed by atoms with E-state index in [9.17, 15) is 14.4 Å². The third-order valence-corrected chi connectivity index (χ3v) is 6.26. The maximum Gasteiger partial charge on any atom is 0.348 e. The number of anilines is 1. The van der Waals surface area contributed by atoms with Crippen molar-refractivity contribution in [3.05, 3.63) is 51.6 Å². The second-order valence-electron chi connectivity index (χ2n) is 7.92. The van der Waals surface area contributed by atoms with Gasteiger partial charge in [0.15, 0.2) is 0 Å². The Kier molecular flexibility index (Phi) is 8.46. The van der Waals surface area contributed by atoms with Gasteiger partial charge in [0.2, 0.25) is 5.91 Å². The van der Waals surface area contributed by atoms with Gasteiger partial charge in [-0.1, -0.05) is 11.8 Å². The van der Waals surface area contributed by atoms with E-state index >= 15 is 0 Å². The van der Waals surface area contributed by atoms with Crippen LogP contribution in [0.2, 0.25) is 0 Å². The van der Waals surface area contributed by atoms with E-state index in [0.717, 1.165) is 43.5 Å². The molecule has 0 spiro atoms. The van der Waals surface area contributed by atoms with Crippen molar-refractivity contribution in [3.8, 4) is 0 Å². The van der Waals surface area contributed by atoms with Crippen LogP contribution in [0.15, 0.2) is 34.1 Å². The SMILES string of the molecule is CCOC(=O)c1ccc(NC(=O)CSc2nc(=O)n(CCN(C)C)c3c2CCCC3)cc1. The second kappa shape index (κ2) is 11.3. The molecular formula is C23H30N4O4S. The smallest absolute Gasteiger partial charge is 0.348 e. The lowest BCUT2D eigenvalue weighted by Gasteiger charge is -2.23. The topological polar surface area (TPSA) is 93.5 Å². The minimum atomic E-state index is -0.392. The highest BCUT2D eigenvalue weighted by Crippen LogP contribution is 2.28. The molecule has 0 saturated carbocycles. The standard InChI is InChI=1S/C23H30N4O4S/c1-4-31-22(29)16-9-11-17(12-10-16)24-20(28)15-32-21-18-7-5-6-8-19(18)27(23(30)25-21)14-13-26(2)3/h9-12H,4-8,13-15H2,1-3H3,(H,24,28). The van der Waals surface area contributed by atoms with E-state index in [1.807, 2.05) is 19.0 Å². The van der Waals surface area contributed by atoms with Gasteiger partial charge in [-0.05, 0) is 71.0 Å². The van der Waals surface area contributed by atoms with Crippen molar-refractivity contribution >= 4 is 29.3 Å². The number of aromatic nitrogens is 2. The average Bonchev–Trinajstić information content (AvgIpc) is 2.77. The number of carbonyl (C=O) groups is 2. The van der Waals surface area contributed by atoms with Gasteiger partial charge in [0.05, 0.1) is 17.9 Å². The predicted molar refractivity (Wildman–Crippen MR) is 125 cm³/mol. The largest absolute Gasteiger partial charge is 0.462 e. The Hall–Kier alpha value is -2.65. The highest BCUT2D eigenvalue weighted by Gasteiger charge is 2.21. The van der Waals surface area contributed by atoms with Gasteiger partial charge in [0.25, 0.3) is 0 Å². The van der Waals surface area contributed by atoms with E-state index in [1.165, 1.54) is 11.8 Å². The first-order valence-corrected chi connectivity index (χ1v) is 11.8. The van der Waals surface area contributed by atoms with Gasteiger partial charge in [0, 0.05) is 30.0 Å². The molecule has 9 heteroatoms. The number of likely N-dealkylation sites (N-methyl/N-ethyl adjacent to an activating group) is 1. The molecule has 1 heterocycles. The van der Waals surface area contributed by atoms with Crippen LogP contribution < -0.4 is 11.0 Å². The summed E-state index contributed by atoms with van der Waals surface area (Å²) in [6.07, 6.45) is 3.87.